The fraction of sp³-hybridized carbons (Fsp3) is 0.217. The van der Waals surface area contributed by atoms with E-state index in [1.54, 1.807) is 25.1 Å². The van der Waals surface area contributed by atoms with Crippen LogP contribution in [-0.2, 0) is 17.4 Å². The molecule has 5 nitrogen and oxygen atoms in total. The first-order valence-corrected chi connectivity index (χ1v) is 11.3. The monoisotopic (exact) mass is 528 g/mol. The molecule has 1 atom stereocenters. The molecular formula is C23H18Cl3F3N4O. The molecule has 0 radical (unpaired) electrons. The zero-order valence-electron chi connectivity index (χ0n) is 17.7. The molecule has 0 aliphatic carbocycles. The summed E-state index contributed by atoms with van der Waals surface area (Å²) in [6, 6.07) is 11.8. The lowest BCUT2D eigenvalue weighted by atomic mass is 9.94. The lowest BCUT2D eigenvalue weighted by Gasteiger charge is -2.30. The van der Waals surface area contributed by atoms with Gasteiger partial charge in [-0.15, -0.1) is 0 Å². The van der Waals surface area contributed by atoms with Crippen LogP contribution in [0, 0.1) is 0 Å². The van der Waals surface area contributed by atoms with Crippen molar-refractivity contribution in [2.45, 2.75) is 25.6 Å². The molecule has 4 rings (SSSR count). The van der Waals surface area contributed by atoms with Gasteiger partial charge < -0.3 is 10.6 Å². The molecule has 2 N–H and O–H groups in total. The molecule has 0 spiro atoms. The van der Waals surface area contributed by atoms with Crippen LogP contribution in [0.2, 0.25) is 15.1 Å². The number of carbonyl (C=O) groups is 1. The zero-order chi connectivity index (χ0) is 24.6. The molecule has 1 amide bonds. The third-order valence-electron chi connectivity index (χ3n) is 5.38. The highest BCUT2D eigenvalue weighted by Crippen LogP contribution is 2.40. The minimum absolute atomic E-state index is 0.110. The number of halogens is 6. The van der Waals surface area contributed by atoms with Gasteiger partial charge >= 0.3 is 6.18 Å². The third-order valence-corrected chi connectivity index (χ3v) is 6.37. The first-order chi connectivity index (χ1) is 16.0. The summed E-state index contributed by atoms with van der Waals surface area (Å²) in [5, 5.41) is 10.6. The summed E-state index contributed by atoms with van der Waals surface area (Å²) in [6.45, 7) is 1.94. The van der Waals surface area contributed by atoms with Crippen LogP contribution in [0.3, 0.4) is 0 Å². The van der Waals surface area contributed by atoms with Gasteiger partial charge in [0, 0.05) is 23.3 Å². The predicted molar refractivity (Wildman–Crippen MR) is 126 cm³/mol. The highest BCUT2D eigenvalue weighted by atomic mass is 35.5. The van der Waals surface area contributed by atoms with E-state index in [4.69, 9.17) is 34.8 Å². The summed E-state index contributed by atoms with van der Waals surface area (Å²) in [4.78, 5) is 13.2. The number of allylic oxidation sites excluding steroid dienone is 1. The molecule has 0 bridgehead atoms. The van der Waals surface area contributed by atoms with E-state index in [2.05, 4.69) is 15.7 Å². The van der Waals surface area contributed by atoms with Gasteiger partial charge in [-0.2, -0.15) is 18.3 Å². The Kier molecular flexibility index (Phi) is 6.85. The van der Waals surface area contributed by atoms with Gasteiger partial charge in [0.25, 0.3) is 5.91 Å². The van der Waals surface area contributed by atoms with Gasteiger partial charge in [0.1, 0.15) is 11.9 Å². The van der Waals surface area contributed by atoms with Crippen LogP contribution in [0.1, 0.15) is 29.8 Å². The summed E-state index contributed by atoms with van der Waals surface area (Å²) >= 11 is 18.1. The highest BCUT2D eigenvalue weighted by molar-refractivity contribution is 6.42. The minimum Gasteiger partial charge on any atom is -0.352 e. The molecular weight excluding hydrogens is 512 g/mol. The van der Waals surface area contributed by atoms with Crippen molar-refractivity contribution in [1.82, 2.24) is 15.1 Å². The SMILES string of the molecule is CC1=C(C(=O)NCCc2ccc(Cl)cc2)C(c2ccc(Cl)c(Cl)c2)n2nc(C(F)(F)F)cc2N1. The second kappa shape index (κ2) is 9.52. The normalized spacial score (nSPS) is 15.7. The Balaban J connectivity index is 1.67. The van der Waals surface area contributed by atoms with Crippen molar-refractivity contribution in [1.29, 1.82) is 0 Å². The quantitative estimate of drug-likeness (QED) is 0.396. The van der Waals surface area contributed by atoms with Gasteiger partial charge in [-0.25, -0.2) is 4.68 Å². The van der Waals surface area contributed by atoms with E-state index in [0.717, 1.165) is 16.3 Å². The lowest BCUT2D eigenvalue weighted by Crippen LogP contribution is -2.35. The van der Waals surface area contributed by atoms with E-state index in [0.29, 0.717) is 29.2 Å². The Morgan fingerprint density at radius 1 is 1.09 bits per heavy atom. The number of fused-ring (bicyclic) bond motifs is 1. The summed E-state index contributed by atoms with van der Waals surface area (Å²) in [5.41, 5.74) is 0.996. The van der Waals surface area contributed by atoms with Crippen LogP contribution in [0.15, 0.2) is 59.8 Å². The number of aromatic nitrogens is 2. The Hall–Kier alpha value is -2.68. The third kappa shape index (κ3) is 5.04. The van der Waals surface area contributed by atoms with Crippen LogP contribution in [0.5, 0.6) is 0 Å². The zero-order valence-corrected chi connectivity index (χ0v) is 19.9. The molecule has 1 aliphatic heterocycles. The number of benzene rings is 2. The average molecular weight is 530 g/mol. The molecule has 1 unspecified atom stereocenters. The molecule has 3 aromatic rings. The first-order valence-electron chi connectivity index (χ1n) is 10.2. The van der Waals surface area contributed by atoms with E-state index in [1.165, 1.54) is 12.1 Å². The van der Waals surface area contributed by atoms with E-state index >= 15 is 0 Å². The molecule has 0 saturated heterocycles. The second-order valence-electron chi connectivity index (χ2n) is 7.73. The molecule has 1 aliphatic rings. The second-order valence-corrected chi connectivity index (χ2v) is 8.98. The van der Waals surface area contributed by atoms with Gasteiger partial charge in [0.2, 0.25) is 0 Å². The minimum atomic E-state index is -4.65. The lowest BCUT2D eigenvalue weighted by molar-refractivity contribution is -0.141. The van der Waals surface area contributed by atoms with Crippen molar-refractivity contribution in [3.63, 3.8) is 0 Å². The summed E-state index contributed by atoms with van der Waals surface area (Å²) in [7, 11) is 0. The van der Waals surface area contributed by atoms with Crippen molar-refractivity contribution in [2.24, 2.45) is 0 Å². The molecule has 0 fully saturated rings. The van der Waals surface area contributed by atoms with Gasteiger partial charge in [0.15, 0.2) is 5.69 Å². The Morgan fingerprint density at radius 3 is 2.44 bits per heavy atom. The maximum atomic E-state index is 13.4. The topological polar surface area (TPSA) is 59.0 Å². The molecule has 2 aromatic carbocycles. The Morgan fingerprint density at radius 2 is 1.79 bits per heavy atom. The van der Waals surface area contributed by atoms with E-state index in [9.17, 15) is 18.0 Å². The van der Waals surface area contributed by atoms with Crippen LogP contribution in [0.25, 0.3) is 0 Å². The first kappa shape index (κ1) is 24.4. The van der Waals surface area contributed by atoms with E-state index in [-0.39, 0.29) is 21.4 Å². The van der Waals surface area contributed by atoms with E-state index < -0.39 is 23.8 Å². The number of amides is 1. The van der Waals surface area contributed by atoms with Crippen LogP contribution in [0.4, 0.5) is 19.0 Å². The number of carbonyl (C=O) groups excluding carboxylic acids is 1. The van der Waals surface area contributed by atoms with Crippen molar-refractivity contribution in [3.8, 4) is 0 Å². The summed E-state index contributed by atoms with van der Waals surface area (Å²) < 4.78 is 41.3. The fourth-order valence-corrected chi connectivity index (χ4v) is 4.19. The van der Waals surface area contributed by atoms with Crippen molar-refractivity contribution >= 4 is 46.5 Å². The van der Waals surface area contributed by atoms with Gasteiger partial charge in [0.05, 0.1) is 15.6 Å². The molecule has 34 heavy (non-hydrogen) atoms. The number of rotatable bonds is 5. The number of nitrogens with zero attached hydrogens (tertiary/aromatic N) is 2. The smallest absolute Gasteiger partial charge is 0.352 e. The number of hydrogen-bond acceptors (Lipinski definition) is 3. The van der Waals surface area contributed by atoms with Crippen molar-refractivity contribution in [2.75, 3.05) is 11.9 Å². The standard InChI is InChI=1S/C23H18Cl3F3N4O/c1-12-20(22(34)30-9-8-13-2-5-15(24)6-3-13)21(14-4-7-16(25)17(26)10-14)33-19(31-12)11-18(32-33)23(27,28)29/h2-7,10-11,21,31H,8-9H2,1H3,(H,30,34). The number of hydrogen-bond donors (Lipinski definition) is 2. The van der Waals surface area contributed by atoms with Crippen molar-refractivity contribution in [3.05, 3.63) is 91.7 Å². The molecule has 0 saturated carbocycles. The molecule has 11 heteroatoms. The molecule has 2 heterocycles. The Bertz CT molecular complexity index is 1270. The van der Waals surface area contributed by atoms with Crippen molar-refractivity contribution < 1.29 is 18.0 Å². The maximum Gasteiger partial charge on any atom is 0.435 e. The van der Waals surface area contributed by atoms with Crippen LogP contribution >= 0.6 is 34.8 Å². The molecule has 178 valence electrons. The number of nitrogens with one attached hydrogen (secondary N) is 2. The fourth-order valence-electron chi connectivity index (χ4n) is 3.76. The largest absolute Gasteiger partial charge is 0.435 e. The van der Waals surface area contributed by atoms with Crippen LogP contribution < -0.4 is 10.6 Å². The predicted octanol–water partition coefficient (Wildman–Crippen LogP) is 6.51. The van der Waals surface area contributed by atoms with E-state index in [1.807, 2.05) is 12.1 Å². The van der Waals surface area contributed by atoms with Gasteiger partial charge in [-0.1, -0.05) is 53.0 Å². The molecule has 1 aromatic heterocycles. The van der Waals surface area contributed by atoms with Crippen LogP contribution in [-0.4, -0.2) is 22.2 Å². The maximum absolute atomic E-state index is 13.4. The van der Waals surface area contributed by atoms with Gasteiger partial charge in [-0.05, 0) is 48.7 Å². The summed E-state index contributed by atoms with van der Waals surface area (Å²) in [6.07, 6.45) is -4.10. The number of anilines is 1. The number of alkyl halides is 3. The summed E-state index contributed by atoms with van der Waals surface area (Å²) in [5.74, 6) is -0.330. The Labute approximate surface area is 208 Å². The van der Waals surface area contributed by atoms with Gasteiger partial charge in [-0.3, -0.25) is 4.79 Å². The average Bonchev–Trinajstić information content (AvgIpc) is 3.20. The highest BCUT2D eigenvalue weighted by Gasteiger charge is 2.39.